The van der Waals surface area contributed by atoms with E-state index in [9.17, 15) is 9.59 Å². The number of carbonyl (C=O) groups excluding carboxylic acids is 2. The van der Waals surface area contributed by atoms with Crippen molar-refractivity contribution < 1.29 is 14.3 Å². The molecule has 0 spiro atoms. The van der Waals surface area contributed by atoms with Gasteiger partial charge in [-0.15, -0.1) is 0 Å². The lowest BCUT2D eigenvalue weighted by Gasteiger charge is -2.39. The highest BCUT2D eigenvalue weighted by Gasteiger charge is 2.26. The highest BCUT2D eigenvalue weighted by Crippen LogP contribution is 2.22. The number of ether oxygens (including phenoxy) is 1. The molecule has 0 radical (unpaired) electrons. The molecule has 2 amide bonds. The quantitative estimate of drug-likeness (QED) is 0.724. The third-order valence-electron chi connectivity index (χ3n) is 4.45. The van der Waals surface area contributed by atoms with E-state index in [1.807, 2.05) is 0 Å². The van der Waals surface area contributed by atoms with Crippen LogP contribution in [0.1, 0.15) is 32.6 Å². The molecule has 0 aliphatic carbocycles. The zero-order valence-corrected chi connectivity index (χ0v) is 12.9. The Morgan fingerprint density at radius 1 is 1.05 bits per heavy atom. The van der Waals surface area contributed by atoms with Gasteiger partial charge in [-0.25, -0.2) is 0 Å². The summed E-state index contributed by atoms with van der Waals surface area (Å²) in [5, 5.41) is 5.25. The summed E-state index contributed by atoms with van der Waals surface area (Å²) in [6.07, 6.45) is 4.46. The molecule has 120 valence electrons. The van der Waals surface area contributed by atoms with Crippen LogP contribution in [0, 0.1) is 5.92 Å². The first-order chi connectivity index (χ1) is 10.2. The van der Waals surface area contributed by atoms with E-state index in [0.29, 0.717) is 25.0 Å². The summed E-state index contributed by atoms with van der Waals surface area (Å²) in [5.41, 5.74) is 0. The summed E-state index contributed by atoms with van der Waals surface area (Å²) >= 11 is 0. The fraction of sp³-hybridized carbons (Fsp3) is 0.867. The number of amides is 2. The Labute approximate surface area is 126 Å². The molecule has 2 aliphatic heterocycles. The maximum atomic E-state index is 11.5. The number of hydrogen-bond acceptors (Lipinski definition) is 4. The highest BCUT2D eigenvalue weighted by atomic mass is 16.5. The van der Waals surface area contributed by atoms with Gasteiger partial charge in [0.2, 0.25) is 0 Å². The van der Waals surface area contributed by atoms with Crippen LogP contribution < -0.4 is 10.6 Å². The smallest absolute Gasteiger partial charge is 0.309 e. The van der Waals surface area contributed by atoms with Crippen LogP contribution in [0.4, 0.5) is 0 Å². The van der Waals surface area contributed by atoms with Crippen LogP contribution >= 0.6 is 0 Å². The number of likely N-dealkylation sites (N-methyl/N-ethyl adjacent to an activating group) is 1. The first-order valence-corrected chi connectivity index (χ1v) is 8.08. The molecule has 2 fully saturated rings. The van der Waals surface area contributed by atoms with Crippen LogP contribution in [-0.4, -0.2) is 62.1 Å². The number of likely N-dealkylation sites (tertiary alicyclic amines) is 1. The Morgan fingerprint density at radius 2 is 1.67 bits per heavy atom. The Balaban J connectivity index is 1.64. The molecule has 2 heterocycles. The molecule has 0 atom stereocenters. The van der Waals surface area contributed by atoms with E-state index in [0.717, 1.165) is 52.0 Å². The van der Waals surface area contributed by atoms with E-state index in [4.69, 9.17) is 4.74 Å². The summed E-state index contributed by atoms with van der Waals surface area (Å²) in [4.78, 5) is 25.4. The first-order valence-electron chi connectivity index (χ1n) is 8.08. The highest BCUT2D eigenvalue weighted by molar-refractivity contribution is 6.35. The van der Waals surface area contributed by atoms with Crippen molar-refractivity contribution in [2.45, 2.75) is 38.6 Å². The van der Waals surface area contributed by atoms with Gasteiger partial charge in [-0.05, 0) is 51.6 Å². The molecule has 2 saturated heterocycles. The molecule has 2 aliphatic rings. The van der Waals surface area contributed by atoms with Gasteiger partial charge in [0.05, 0.1) is 0 Å². The topological polar surface area (TPSA) is 70.7 Å². The third-order valence-corrected chi connectivity index (χ3v) is 4.45. The number of hydrogen-bond donors (Lipinski definition) is 2. The van der Waals surface area contributed by atoms with Gasteiger partial charge in [0.25, 0.3) is 0 Å². The van der Waals surface area contributed by atoms with Crippen molar-refractivity contribution in [2.24, 2.45) is 5.92 Å². The summed E-state index contributed by atoms with van der Waals surface area (Å²) in [5.74, 6) is -0.555. The molecule has 0 aromatic carbocycles. The first kappa shape index (κ1) is 16.2. The average Bonchev–Trinajstić information content (AvgIpc) is 2.54. The molecule has 0 saturated carbocycles. The third kappa shape index (κ3) is 4.97. The molecule has 2 rings (SSSR count). The lowest BCUT2D eigenvalue weighted by atomic mass is 9.94. The maximum Gasteiger partial charge on any atom is 0.309 e. The van der Waals surface area contributed by atoms with Crippen LogP contribution in [0.25, 0.3) is 0 Å². The number of nitrogens with one attached hydrogen (secondary N) is 2. The van der Waals surface area contributed by atoms with Gasteiger partial charge in [-0.1, -0.05) is 0 Å². The second-order valence-electron chi connectivity index (χ2n) is 5.89. The maximum absolute atomic E-state index is 11.5. The van der Waals surface area contributed by atoms with Gasteiger partial charge < -0.3 is 20.3 Å². The van der Waals surface area contributed by atoms with Crippen molar-refractivity contribution in [3.63, 3.8) is 0 Å². The van der Waals surface area contributed by atoms with Crippen molar-refractivity contribution in [1.82, 2.24) is 15.5 Å². The minimum Gasteiger partial charge on any atom is -0.381 e. The van der Waals surface area contributed by atoms with Crippen molar-refractivity contribution >= 4 is 11.8 Å². The van der Waals surface area contributed by atoms with E-state index in [1.165, 1.54) is 0 Å². The molecule has 6 heteroatoms. The van der Waals surface area contributed by atoms with Crippen molar-refractivity contribution in [3.05, 3.63) is 0 Å². The zero-order valence-electron chi connectivity index (χ0n) is 12.9. The number of carbonyl (C=O) groups is 2. The minimum atomic E-state index is -0.530. The van der Waals surface area contributed by atoms with Crippen LogP contribution in [0.5, 0.6) is 0 Å². The van der Waals surface area contributed by atoms with Gasteiger partial charge >= 0.3 is 11.8 Å². The molecule has 0 bridgehead atoms. The van der Waals surface area contributed by atoms with Crippen LogP contribution in [-0.2, 0) is 14.3 Å². The SMILES string of the molecule is CCNC(=O)C(=O)NCC1CCN(C2CCOCC2)CC1. The van der Waals surface area contributed by atoms with Crippen molar-refractivity contribution in [1.29, 1.82) is 0 Å². The van der Waals surface area contributed by atoms with Gasteiger partial charge in [-0.2, -0.15) is 0 Å². The molecule has 0 aromatic rings. The molecule has 21 heavy (non-hydrogen) atoms. The molecule has 6 nitrogen and oxygen atoms in total. The number of rotatable bonds is 4. The molecular weight excluding hydrogens is 270 g/mol. The van der Waals surface area contributed by atoms with E-state index < -0.39 is 11.8 Å². The molecular formula is C15H27N3O3. The van der Waals surface area contributed by atoms with Crippen LogP contribution in [0.3, 0.4) is 0 Å². The van der Waals surface area contributed by atoms with Crippen LogP contribution in [0.2, 0.25) is 0 Å². The van der Waals surface area contributed by atoms with Crippen LogP contribution in [0.15, 0.2) is 0 Å². The average molecular weight is 297 g/mol. The Kier molecular flexibility index (Phi) is 6.45. The predicted octanol–water partition coefficient (Wildman–Crippen LogP) is 0.130. The van der Waals surface area contributed by atoms with E-state index in [2.05, 4.69) is 15.5 Å². The van der Waals surface area contributed by atoms with E-state index >= 15 is 0 Å². The standard InChI is InChI=1S/C15H27N3O3/c1-2-16-14(19)15(20)17-11-12-3-7-18(8-4-12)13-5-9-21-10-6-13/h12-13H,2-11H2,1H3,(H,16,19)(H,17,20). The summed E-state index contributed by atoms with van der Waals surface area (Å²) in [6, 6.07) is 0.671. The van der Waals surface area contributed by atoms with Crippen molar-refractivity contribution in [3.8, 4) is 0 Å². The molecule has 2 N–H and O–H groups in total. The summed E-state index contributed by atoms with van der Waals surface area (Å²) in [7, 11) is 0. The minimum absolute atomic E-state index is 0.482. The van der Waals surface area contributed by atoms with Gasteiger partial charge in [0, 0.05) is 32.3 Å². The second-order valence-corrected chi connectivity index (χ2v) is 5.89. The lowest BCUT2D eigenvalue weighted by molar-refractivity contribution is -0.139. The Morgan fingerprint density at radius 3 is 2.29 bits per heavy atom. The van der Waals surface area contributed by atoms with E-state index in [1.54, 1.807) is 6.92 Å². The largest absolute Gasteiger partial charge is 0.381 e. The second kappa shape index (κ2) is 8.34. The zero-order chi connectivity index (χ0) is 15.1. The fourth-order valence-electron chi connectivity index (χ4n) is 3.13. The monoisotopic (exact) mass is 297 g/mol. The fourth-order valence-corrected chi connectivity index (χ4v) is 3.13. The lowest BCUT2D eigenvalue weighted by Crippen LogP contribution is -2.47. The normalized spacial score (nSPS) is 22.0. The number of piperidine rings is 1. The predicted molar refractivity (Wildman–Crippen MR) is 79.8 cm³/mol. The number of nitrogens with zero attached hydrogens (tertiary/aromatic N) is 1. The van der Waals surface area contributed by atoms with Crippen molar-refractivity contribution in [2.75, 3.05) is 39.4 Å². The van der Waals surface area contributed by atoms with Gasteiger partial charge in [-0.3, -0.25) is 9.59 Å². The summed E-state index contributed by atoms with van der Waals surface area (Å²) < 4.78 is 5.41. The molecule has 0 unspecified atom stereocenters. The van der Waals surface area contributed by atoms with Gasteiger partial charge in [0.15, 0.2) is 0 Å². The molecule has 0 aromatic heterocycles. The van der Waals surface area contributed by atoms with E-state index in [-0.39, 0.29) is 0 Å². The summed E-state index contributed by atoms with van der Waals surface area (Å²) in [6.45, 7) is 6.84. The Hall–Kier alpha value is -1.14. The van der Waals surface area contributed by atoms with Gasteiger partial charge in [0.1, 0.15) is 0 Å². The Bertz CT molecular complexity index is 348.